The molecule has 0 aliphatic carbocycles. The quantitative estimate of drug-likeness (QED) is 0.291. The Bertz CT molecular complexity index is 1120. The standard InChI is InChI=1S/C22H17Cl2N3O/c23-20-8-7-19(21(24)12-20)14-28-26-22(13-27-10-9-25-15-27)18-6-5-16-3-1-2-4-17(16)11-18/h1-12,15H,13-14H2/b26-22-. The fraction of sp³-hybridized carbons (Fsp3) is 0.0909. The Labute approximate surface area is 173 Å². The van der Waals surface area contributed by atoms with E-state index in [-0.39, 0.29) is 6.61 Å². The number of halogens is 2. The van der Waals surface area contributed by atoms with Crippen molar-refractivity contribution in [1.29, 1.82) is 0 Å². The SMILES string of the molecule is Clc1ccc(CO/N=C(/Cn2ccnc2)c2ccc3ccccc3c2)c(Cl)c1. The van der Waals surface area contributed by atoms with Crippen LogP contribution in [0, 0.1) is 0 Å². The van der Waals surface area contributed by atoms with Crippen LogP contribution < -0.4 is 0 Å². The summed E-state index contributed by atoms with van der Waals surface area (Å²) in [5, 5.41) is 7.90. The number of aromatic nitrogens is 2. The molecule has 0 aliphatic rings. The average molecular weight is 410 g/mol. The first-order chi connectivity index (χ1) is 13.7. The second-order valence-corrected chi connectivity index (χ2v) is 7.19. The molecular formula is C22H17Cl2N3O. The van der Waals surface area contributed by atoms with Crippen LogP contribution in [0.3, 0.4) is 0 Å². The summed E-state index contributed by atoms with van der Waals surface area (Å²) in [6.45, 7) is 0.809. The van der Waals surface area contributed by atoms with E-state index < -0.39 is 0 Å². The Morgan fingerprint density at radius 1 is 1.00 bits per heavy atom. The zero-order valence-electron chi connectivity index (χ0n) is 14.9. The van der Waals surface area contributed by atoms with Crippen molar-refractivity contribution in [2.24, 2.45) is 5.16 Å². The van der Waals surface area contributed by atoms with E-state index in [2.05, 4.69) is 40.5 Å². The Balaban J connectivity index is 1.61. The summed E-state index contributed by atoms with van der Waals surface area (Å²) < 4.78 is 1.95. The lowest BCUT2D eigenvalue weighted by atomic mass is 10.0. The lowest BCUT2D eigenvalue weighted by molar-refractivity contribution is 0.130. The highest BCUT2D eigenvalue weighted by atomic mass is 35.5. The fourth-order valence-corrected chi connectivity index (χ4v) is 3.38. The number of hydrogen-bond donors (Lipinski definition) is 0. The number of imidazole rings is 1. The minimum absolute atomic E-state index is 0.261. The van der Waals surface area contributed by atoms with E-state index in [1.807, 2.05) is 29.0 Å². The van der Waals surface area contributed by atoms with Crippen LogP contribution >= 0.6 is 23.2 Å². The maximum absolute atomic E-state index is 6.22. The summed E-state index contributed by atoms with van der Waals surface area (Å²) >= 11 is 12.2. The smallest absolute Gasteiger partial charge is 0.143 e. The van der Waals surface area contributed by atoms with E-state index >= 15 is 0 Å². The summed E-state index contributed by atoms with van der Waals surface area (Å²) in [5.41, 5.74) is 2.62. The highest BCUT2D eigenvalue weighted by Crippen LogP contribution is 2.22. The Morgan fingerprint density at radius 2 is 1.86 bits per heavy atom. The Morgan fingerprint density at radius 3 is 2.64 bits per heavy atom. The summed E-state index contributed by atoms with van der Waals surface area (Å²) in [4.78, 5) is 9.75. The van der Waals surface area contributed by atoms with Gasteiger partial charge in [0, 0.05) is 33.6 Å². The van der Waals surface area contributed by atoms with Gasteiger partial charge >= 0.3 is 0 Å². The third-order valence-electron chi connectivity index (χ3n) is 4.38. The average Bonchev–Trinajstić information content (AvgIpc) is 3.21. The van der Waals surface area contributed by atoms with E-state index in [1.165, 1.54) is 5.39 Å². The topological polar surface area (TPSA) is 39.4 Å². The first kappa shape index (κ1) is 18.5. The lowest BCUT2D eigenvalue weighted by Crippen LogP contribution is -2.11. The van der Waals surface area contributed by atoms with E-state index in [4.69, 9.17) is 28.0 Å². The number of nitrogens with zero attached hydrogens (tertiary/aromatic N) is 3. The van der Waals surface area contributed by atoms with Crippen molar-refractivity contribution in [3.63, 3.8) is 0 Å². The normalized spacial score (nSPS) is 11.7. The molecule has 1 heterocycles. The maximum atomic E-state index is 6.22. The van der Waals surface area contributed by atoms with Gasteiger partial charge in [-0.05, 0) is 29.0 Å². The number of oxime groups is 1. The predicted molar refractivity (Wildman–Crippen MR) is 114 cm³/mol. The molecule has 0 spiro atoms. The molecule has 0 amide bonds. The summed E-state index contributed by atoms with van der Waals surface area (Å²) in [7, 11) is 0. The second kappa shape index (κ2) is 8.46. The zero-order valence-corrected chi connectivity index (χ0v) is 16.4. The predicted octanol–water partition coefficient (Wildman–Crippen LogP) is 5.96. The van der Waals surface area contributed by atoms with Gasteiger partial charge in [-0.15, -0.1) is 0 Å². The van der Waals surface area contributed by atoms with Crippen LogP contribution in [-0.4, -0.2) is 15.3 Å². The van der Waals surface area contributed by atoms with E-state index in [9.17, 15) is 0 Å². The largest absolute Gasteiger partial charge is 0.391 e. The molecule has 28 heavy (non-hydrogen) atoms. The van der Waals surface area contributed by atoms with Crippen LogP contribution in [0.4, 0.5) is 0 Å². The molecule has 4 aromatic rings. The summed E-state index contributed by atoms with van der Waals surface area (Å²) in [6.07, 6.45) is 5.39. The highest BCUT2D eigenvalue weighted by molar-refractivity contribution is 6.35. The Kier molecular flexibility index (Phi) is 5.60. The molecule has 4 nitrogen and oxygen atoms in total. The van der Waals surface area contributed by atoms with E-state index in [1.54, 1.807) is 24.7 Å². The van der Waals surface area contributed by atoms with Crippen LogP contribution in [-0.2, 0) is 18.0 Å². The van der Waals surface area contributed by atoms with Crippen LogP contribution in [0.1, 0.15) is 11.1 Å². The highest BCUT2D eigenvalue weighted by Gasteiger charge is 2.08. The third kappa shape index (κ3) is 4.35. The monoisotopic (exact) mass is 409 g/mol. The summed E-state index contributed by atoms with van der Waals surface area (Å²) in [5.74, 6) is 0. The van der Waals surface area contributed by atoms with Gasteiger partial charge in [0.05, 0.1) is 12.9 Å². The van der Waals surface area contributed by atoms with Crippen molar-refractivity contribution in [3.8, 4) is 0 Å². The fourth-order valence-electron chi connectivity index (χ4n) is 2.91. The van der Waals surface area contributed by atoms with Crippen LogP contribution in [0.5, 0.6) is 0 Å². The second-order valence-electron chi connectivity index (χ2n) is 6.34. The summed E-state index contributed by atoms with van der Waals surface area (Å²) in [6, 6.07) is 19.8. The van der Waals surface area contributed by atoms with Gasteiger partial charge in [0.1, 0.15) is 12.3 Å². The molecular weight excluding hydrogens is 393 g/mol. The minimum Gasteiger partial charge on any atom is -0.391 e. The molecule has 3 aromatic carbocycles. The van der Waals surface area contributed by atoms with Gasteiger partial charge in [0.15, 0.2) is 0 Å². The van der Waals surface area contributed by atoms with Crippen LogP contribution in [0.2, 0.25) is 10.0 Å². The van der Waals surface area contributed by atoms with Gasteiger partial charge in [-0.2, -0.15) is 0 Å². The molecule has 0 saturated heterocycles. The van der Waals surface area contributed by atoms with Gasteiger partial charge in [-0.1, -0.05) is 70.8 Å². The maximum Gasteiger partial charge on any atom is 0.143 e. The van der Waals surface area contributed by atoms with Crippen molar-refractivity contribution in [1.82, 2.24) is 9.55 Å². The number of benzene rings is 3. The third-order valence-corrected chi connectivity index (χ3v) is 4.97. The first-order valence-electron chi connectivity index (χ1n) is 8.77. The number of fused-ring (bicyclic) bond motifs is 1. The van der Waals surface area contributed by atoms with Gasteiger partial charge in [0.25, 0.3) is 0 Å². The molecule has 140 valence electrons. The molecule has 0 aliphatic heterocycles. The molecule has 0 atom stereocenters. The molecule has 0 fully saturated rings. The number of hydrogen-bond acceptors (Lipinski definition) is 3. The van der Waals surface area contributed by atoms with Crippen LogP contribution in [0.15, 0.2) is 84.5 Å². The number of rotatable bonds is 6. The van der Waals surface area contributed by atoms with Crippen molar-refractivity contribution >= 4 is 39.7 Å². The van der Waals surface area contributed by atoms with Gasteiger partial charge in [-0.25, -0.2) is 4.98 Å². The zero-order chi connectivity index (χ0) is 19.3. The van der Waals surface area contributed by atoms with Crippen molar-refractivity contribution in [3.05, 3.63) is 101 Å². The molecule has 0 radical (unpaired) electrons. The molecule has 0 saturated carbocycles. The van der Waals surface area contributed by atoms with Gasteiger partial charge in [-0.3, -0.25) is 0 Å². The molecule has 4 rings (SSSR count). The molecule has 0 bridgehead atoms. The van der Waals surface area contributed by atoms with Gasteiger partial charge < -0.3 is 9.40 Å². The van der Waals surface area contributed by atoms with Crippen molar-refractivity contribution in [2.75, 3.05) is 0 Å². The molecule has 6 heteroatoms. The van der Waals surface area contributed by atoms with E-state index in [0.29, 0.717) is 16.6 Å². The lowest BCUT2D eigenvalue weighted by Gasteiger charge is -2.10. The van der Waals surface area contributed by atoms with Gasteiger partial charge in [0.2, 0.25) is 0 Å². The molecule has 1 aromatic heterocycles. The Hall–Kier alpha value is -2.82. The molecule has 0 N–H and O–H groups in total. The van der Waals surface area contributed by atoms with Crippen LogP contribution in [0.25, 0.3) is 10.8 Å². The minimum atomic E-state index is 0.261. The van der Waals surface area contributed by atoms with Crippen molar-refractivity contribution in [2.45, 2.75) is 13.2 Å². The van der Waals surface area contributed by atoms with Crippen molar-refractivity contribution < 1.29 is 4.84 Å². The first-order valence-corrected chi connectivity index (χ1v) is 9.52. The van der Waals surface area contributed by atoms with E-state index in [0.717, 1.165) is 22.2 Å². The molecule has 0 unspecified atom stereocenters.